The molecule has 0 bridgehead atoms. The highest BCUT2D eigenvalue weighted by Crippen LogP contribution is 2.21. The topological polar surface area (TPSA) is 37.8 Å². The molecule has 1 rings (SSSR count). The molecule has 4 heteroatoms. The third-order valence-corrected chi connectivity index (χ3v) is 3.29. The van der Waals surface area contributed by atoms with Crippen LogP contribution in [0.2, 0.25) is 0 Å². The van der Waals surface area contributed by atoms with Gasteiger partial charge in [-0.1, -0.05) is 0 Å². The molecule has 1 heterocycles. The Morgan fingerprint density at radius 2 is 2.21 bits per heavy atom. The minimum absolute atomic E-state index is 0.228. The van der Waals surface area contributed by atoms with Gasteiger partial charge < -0.3 is 5.32 Å². The third kappa shape index (κ3) is 3.54. The second-order valence-electron chi connectivity index (χ2n) is 3.94. The molecule has 1 aromatic heterocycles. The molecule has 78 valence electrons. The molecular formula is C10H17N3S. The number of hydrogen-bond donors (Lipinski definition) is 1. The van der Waals surface area contributed by atoms with E-state index in [0.717, 1.165) is 17.9 Å². The highest BCUT2D eigenvalue weighted by molar-refractivity contribution is 7.99. The van der Waals surface area contributed by atoms with Gasteiger partial charge in [-0.3, -0.25) is 0 Å². The average molecular weight is 211 g/mol. The first kappa shape index (κ1) is 11.3. The number of nitrogens with zero attached hydrogens (tertiary/aromatic N) is 2. The Balaban J connectivity index is 2.54. The minimum Gasteiger partial charge on any atom is -0.367 e. The largest absolute Gasteiger partial charge is 0.367 e. The number of nitrogens with one attached hydrogen (secondary N) is 1. The predicted molar refractivity (Wildman–Crippen MR) is 62.9 cm³/mol. The van der Waals surface area contributed by atoms with Gasteiger partial charge in [0.15, 0.2) is 0 Å². The molecule has 0 fully saturated rings. The van der Waals surface area contributed by atoms with E-state index in [1.165, 1.54) is 0 Å². The molecule has 1 aromatic rings. The first-order chi connectivity index (χ1) is 6.53. The molecule has 0 saturated carbocycles. The van der Waals surface area contributed by atoms with Crippen molar-refractivity contribution in [2.75, 3.05) is 18.1 Å². The zero-order valence-corrected chi connectivity index (χ0v) is 9.98. The smallest absolute Gasteiger partial charge is 0.148 e. The van der Waals surface area contributed by atoms with E-state index in [1.807, 2.05) is 24.8 Å². The van der Waals surface area contributed by atoms with Crippen LogP contribution in [0.5, 0.6) is 0 Å². The summed E-state index contributed by atoms with van der Waals surface area (Å²) in [5, 5.41) is 11.2. The number of aryl methyl sites for hydroxylation is 1. The average Bonchev–Trinajstić information content (AvgIpc) is 2.15. The lowest BCUT2D eigenvalue weighted by molar-refractivity contribution is 0.747. The predicted octanol–water partition coefficient (Wildman–Crippen LogP) is 2.34. The molecule has 14 heavy (non-hydrogen) atoms. The number of anilines is 1. The fourth-order valence-corrected chi connectivity index (χ4v) is 1.14. The molecule has 0 aliphatic rings. The standard InChI is InChI=1S/C10H17N3S/c1-8-5-9(13-12-6-8)11-7-10(2,3)14-4/h5-6H,7H2,1-4H3,(H,11,13). The van der Waals surface area contributed by atoms with Gasteiger partial charge in [-0.2, -0.15) is 16.9 Å². The Bertz CT molecular complexity index is 299. The number of thioether (sulfide) groups is 1. The summed E-state index contributed by atoms with van der Waals surface area (Å²) in [5.41, 5.74) is 1.13. The fraction of sp³-hybridized carbons (Fsp3) is 0.600. The second kappa shape index (κ2) is 4.64. The van der Waals surface area contributed by atoms with Gasteiger partial charge in [-0.15, -0.1) is 5.10 Å². The lowest BCUT2D eigenvalue weighted by Crippen LogP contribution is -2.26. The number of aromatic nitrogens is 2. The zero-order valence-electron chi connectivity index (χ0n) is 9.16. The Kier molecular flexibility index (Phi) is 3.75. The first-order valence-corrected chi connectivity index (χ1v) is 5.84. The summed E-state index contributed by atoms with van der Waals surface area (Å²) in [7, 11) is 0. The zero-order chi connectivity index (χ0) is 10.6. The van der Waals surface area contributed by atoms with Gasteiger partial charge in [0.2, 0.25) is 0 Å². The van der Waals surface area contributed by atoms with E-state index in [2.05, 4.69) is 35.6 Å². The van der Waals surface area contributed by atoms with Crippen molar-refractivity contribution in [3.05, 3.63) is 17.8 Å². The normalized spacial score (nSPS) is 11.4. The Hall–Kier alpha value is -0.770. The van der Waals surface area contributed by atoms with Gasteiger partial charge in [0.1, 0.15) is 5.82 Å². The van der Waals surface area contributed by atoms with Crippen molar-refractivity contribution in [3.63, 3.8) is 0 Å². The summed E-state index contributed by atoms with van der Waals surface area (Å²) < 4.78 is 0.228. The maximum atomic E-state index is 4.01. The maximum absolute atomic E-state index is 4.01. The molecular weight excluding hydrogens is 194 g/mol. The number of hydrogen-bond acceptors (Lipinski definition) is 4. The van der Waals surface area contributed by atoms with E-state index in [9.17, 15) is 0 Å². The van der Waals surface area contributed by atoms with E-state index in [-0.39, 0.29) is 4.75 Å². The van der Waals surface area contributed by atoms with Gasteiger partial charge in [-0.25, -0.2) is 0 Å². The van der Waals surface area contributed by atoms with Crippen molar-refractivity contribution in [1.29, 1.82) is 0 Å². The van der Waals surface area contributed by atoms with Crippen molar-refractivity contribution in [2.24, 2.45) is 0 Å². The van der Waals surface area contributed by atoms with Gasteiger partial charge in [0, 0.05) is 11.3 Å². The molecule has 0 aliphatic heterocycles. The SMILES string of the molecule is CSC(C)(C)CNc1cc(C)cnn1. The van der Waals surface area contributed by atoms with Crippen LogP contribution >= 0.6 is 11.8 Å². The van der Waals surface area contributed by atoms with Crippen LogP contribution in [0.25, 0.3) is 0 Å². The van der Waals surface area contributed by atoms with E-state index >= 15 is 0 Å². The van der Waals surface area contributed by atoms with Crippen molar-refractivity contribution in [1.82, 2.24) is 10.2 Å². The summed E-state index contributed by atoms with van der Waals surface area (Å²) in [4.78, 5) is 0. The van der Waals surface area contributed by atoms with Crippen molar-refractivity contribution in [3.8, 4) is 0 Å². The Labute approximate surface area is 89.7 Å². The van der Waals surface area contributed by atoms with E-state index < -0.39 is 0 Å². The molecule has 0 radical (unpaired) electrons. The lowest BCUT2D eigenvalue weighted by Gasteiger charge is -2.22. The lowest BCUT2D eigenvalue weighted by atomic mass is 10.2. The first-order valence-electron chi connectivity index (χ1n) is 4.62. The molecule has 0 aliphatic carbocycles. The van der Waals surface area contributed by atoms with Gasteiger partial charge in [0.25, 0.3) is 0 Å². The van der Waals surface area contributed by atoms with Crippen LogP contribution < -0.4 is 5.32 Å². The van der Waals surface area contributed by atoms with Crippen molar-refractivity contribution in [2.45, 2.75) is 25.5 Å². The highest BCUT2D eigenvalue weighted by atomic mass is 32.2. The van der Waals surface area contributed by atoms with Crippen molar-refractivity contribution >= 4 is 17.6 Å². The highest BCUT2D eigenvalue weighted by Gasteiger charge is 2.15. The molecule has 0 aromatic carbocycles. The summed E-state index contributed by atoms with van der Waals surface area (Å²) >= 11 is 1.84. The number of rotatable bonds is 4. The fourth-order valence-electron chi connectivity index (χ4n) is 0.926. The van der Waals surface area contributed by atoms with Gasteiger partial charge in [-0.05, 0) is 38.7 Å². The van der Waals surface area contributed by atoms with Crippen LogP contribution in [0.1, 0.15) is 19.4 Å². The van der Waals surface area contributed by atoms with Crippen LogP contribution in [-0.2, 0) is 0 Å². The maximum Gasteiger partial charge on any atom is 0.148 e. The van der Waals surface area contributed by atoms with Crippen LogP contribution in [0, 0.1) is 6.92 Å². The molecule has 1 N–H and O–H groups in total. The summed E-state index contributed by atoms with van der Waals surface area (Å²) in [5.74, 6) is 0.854. The van der Waals surface area contributed by atoms with Crippen molar-refractivity contribution < 1.29 is 0 Å². The van der Waals surface area contributed by atoms with Gasteiger partial charge in [0.05, 0.1) is 6.20 Å². The minimum atomic E-state index is 0.228. The second-order valence-corrected chi connectivity index (χ2v) is 5.45. The molecule has 3 nitrogen and oxygen atoms in total. The van der Waals surface area contributed by atoms with Crippen LogP contribution in [0.3, 0.4) is 0 Å². The quantitative estimate of drug-likeness (QED) is 0.829. The van der Waals surface area contributed by atoms with E-state index in [1.54, 1.807) is 6.20 Å². The van der Waals surface area contributed by atoms with E-state index in [0.29, 0.717) is 0 Å². The van der Waals surface area contributed by atoms with Crippen LogP contribution in [0.15, 0.2) is 12.3 Å². The third-order valence-electron chi connectivity index (χ3n) is 2.04. The van der Waals surface area contributed by atoms with Crippen LogP contribution in [-0.4, -0.2) is 27.7 Å². The summed E-state index contributed by atoms with van der Waals surface area (Å²) in [6.45, 7) is 7.31. The Morgan fingerprint density at radius 3 is 2.79 bits per heavy atom. The van der Waals surface area contributed by atoms with Gasteiger partial charge >= 0.3 is 0 Å². The van der Waals surface area contributed by atoms with Crippen LogP contribution in [0.4, 0.5) is 5.82 Å². The molecule has 0 saturated heterocycles. The molecule has 0 amide bonds. The summed E-state index contributed by atoms with van der Waals surface area (Å²) in [6.07, 6.45) is 3.87. The van der Waals surface area contributed by atoms with E-state index in [4.69, 9.17) is 0 Å². The monoisotopic (exact) mass is 211 g/mol. The Morgan fingerprint density at radius 1 is 1.50 bits per heavy atom. The molecule has 0 spiro atoms. The molecule has 0 unspecified atom stereocenters. The molecule has 0 atom stereocenters. The summed E-state index contributed by atoms with van der Waals surface area (Å²) in [6, 6.07) is 2.00.